The van der Waals surface area contributed by atoms with Crippen molar-refractivity contribution in [3.8, 4) is 17.2 Å². The SMILES string of the molecule is N#Cc1ccc(-c2cncc3c2ccn3S(=O)(=O)c2cccc(C(F)(F)F)c2)cc1. The molecule has 0 saturated carbocycles. The Morgan fingerprint density at radius 3 is 2.40 bits per heavy atom. The van der Waals surface area contributed by atoms with Crippen LogP contribution in [-0.2, 0) is 16.2 Å². The van der Waals surface area contributed by atoms with Crippen molar-refractivity contribution >= 4 is 20.9 Å². The molecule has 4 rings (SSSR count). The van der Waals surface area contributed by atoms with E-state index in [1.807, 2.05) is 6.07 Å². The van der Waals surface area contributed by atoms with Gasteiger partial charge in [0.2, 0.25) is 0 Å². The lowest BCUT2D eigenvalue weighted by Gasteiger charge is -2.11. The Labute approximate surface area is 169 Å². The summed E-state index contributed by atoms with van der Waals surface area (Å²) in [4.78, 5) is 3.62. The van der Waals surface area contributed by atoms with Gasteiger partial charge in [-0.05, 0) is 42.0 Å². The van der Waals surface area contributed by atoms with Crippen molar-refractivity contribution in [3.05, 3.63) is 84.3 Å². The highest BCUT2D eigenvalue weighted by Gasteiger charge is 2.32. The molecule has 2 aromatic heterocycles. The summed E-state index contributed by atoms with van der Waals surface area (Å²) in [6.45, 7) is 0. The second kappa shape index (κ2) is 7.00. The predicted octanol–water partition coefficient (Wildman–Crippen LogP) is 4.83. The van der Waals surface area contributed by atoms with E-state index in [4.69, 9.17) is 5.26 Å². The number of benzene rings is 2. The predicted molar refractivity (Wildman–Crippen MR) is 104 cm³/mol. The van der Waals surface area contributed by atoms with E-state index in [1.54, 1.807) is 36.5 Å². The van der Waals surface area contributed by atoms with Crippen LogP contribution in [0.1, 0.15) is 11.1 Å². The van der Waals surface area contributed by atoms with Gasteiger partial charge in [-0.3, -0.25) is 4.98 Å². The van der Waals surface area contributed by atoms with Gasteiger partial charge in [0.1, 0.15) is 0 Å². The summed E-state index contributed by atoms with van der Waals surface area (Å²) < 4.78 is 66.1. The van der Waals surface area contributed by atoms with Gasteiger partial charge in [0.25, 0.3) is 10.0 Å². The van der Waals surface area contributed by atoms with E-state index in [2.05, 4.69) is 4.98 Å². The molecular weight excluding hydrogens is 415 g/mol. The van der Waals surface area contributed by atoms with Crippen molar-refractivity contribution in [2.24, 2.45) is 0 Å². The third-order valence-electron chi connectivity index (χ3n) is 4.62. The van der Waals surface area contributed by atoms with Crippen LogP contribution in [0.4, 0.5) is 13.2 Å². The highest BCUT2D eigenvalue weighted by molar-refractivity contribution is 7.90. The van der Waals surface area contributed by atoms with E-state index >= 15 is 0 Å². The maximum absolute atomic E-state index is 13.1. The molecule has 0 aliphatic carbocycles. The first-order valence-corrected chi connectivity index (χ1v) is 10.0. The average molecular weight is 427 g/mol. The van der Waals surface area contributed by atoms with Crippen LogP contribution in [0.3, 0.4) is 0 Å². The average Bonchev–Trinajstić information content (AvgIpc) is 3.18. The first kappa shape index (κ1) is 19.7. The van der Waals surface area contributed by atoms with Crippen molar-refractivity contribution in [1.29, 1.82) is 5.26 Å². The molecule has 0 fully saturated rings. The molecule has 0 amide bonds. The number of hydrogen-bond donors (Lipinski definition) is 0. The van der Waals surface area contributed by atoms with Crippen molar-refractivity contribution in [3.63, 3.8) is 0 Å². The molecule has 0 N–H and O–H groups in total. The number of fused-ring (bicyclic) bond motifs is 1. The van der Waals surface area contributed by atoms with Crippen LogP contribution < -0.4 is 0 Å². The fourth-order valence-electron chi connectivity index (χ4n) is 3.14. The van der Waals surface area contributed by atoms with Crippen LogP contribution >= 0.6 is 0 Å². The Morgan fingerprint density at radius 2 is 1.73 bits per heavy atom. The fraction of sp³-hybridized carbons (Fsp3) is 0.0476. The van der Waals surface area contributed by atoms with Crippen LogP contribution in [-0.4, -0.2) is 17.4 Å². The van der Waals surface area contributed by atoms with E-state index in [0.717, 1.165) is 27.7 Å². The molecule has 0 radical (unpaired) electrons. The smallest absolute Gasteiger partial charge is 0.262 e. The number of alkyl halides is 3. The molecule has 2 heterocycles. The van der Waals surface area contributed by atoms with Crippen LogP contribution in [0.5, 0.6) is 0 Å². The fourth-order valence-corrected chi connectivity index (χ4v) is 4.52. The Hall–Kier alpha value is -3.64. The second-order valence-electron chi connectivity index (χ2n) is 6.45. The number of hydrogen-bond acceptors (Lipinski definition) is 4. The lowest BCUT2D eigenvalue weighted by atomic mass is 10.0. The maximum Gasteiger partial charge on any atom is 0.416 e. The standard InChI is InChI=1S/C21H12F3N3O2S/c22-21(23,24)16-2-1-3-17(10-16)30(28,29)27-9-8-18-19(12-26-13-20(18)27)15-6-4-14(11-25)5-7-15/h1-10,12-13H. The highest BCUT2D eigenvalue weighted by atomic mass is 32.2. The lowest BCUT2D eigenvalue weighted by Crippen LogP contribution is -2.13. The zero-order valence-electron chi connectivity index (χ0n) is 15.1. The summed E-state index contributed by atoms with van der Waals surface area (Å²) in [6.07, 6.45) is -0.470. The monoisotopic (exact) mass is 427 g/mol. The third kappa shape index (κ3) is 3.31. The minimum absolute atomic E-state index is 0.231. The van der Waals surface area contributed by atoms with Crippen molar-refractivity contribution in [2.75, 3.05) is 0 Å². The number of halogens is 3. The first-order chi connectivity index (χ1) is 14.2. The molecule has 0 saturated heterocycles. The zero-order chi connectivity index (χ0) is 21.5. The van der Waals surface area contributed by atoms with Gasteiger partial charge < -0.3 is 0 Å². The summed E-state index contributed by atoms with van der Waals surface area (Å²) in [5.74, 6) is 0. The van der Waals surface area contributed by atoms with E-state index in [-0.39, 0.29) is 5.52 Å². The summed E-state index contributed by atoms with van der Waals surface area (Å²) in [5.41, 5.74) is 1.02. The molecule has 30 heavy (non-hydrogen) atoms. The van der Waals surface area contributed by atoms with Gasteiger partial charge in [-0.15, -0.1) is 0 Å². The highest BCUT2D eigenvalue weighted by Crippen LogP contribution is 2.33. The summed E-state index contributed by atoms with van der Waals surface area (Å²) in [6, 6.07) is 13.9. The molecule has 9 heteroatoms. The van der Waals surface area contributed by atoms with Gasteiger partial charge >= 0.3 is 6.18 Å². The van der Waals surface area contributed by atoms with Gasteiger partial charge in [-0.2, -0.15) is 18.4 Å². The quantitative estimate of drug-likeness (QED) is 0.469. The van der Waals surface area contributed by atoms with Crippen molar-refractivity contribution in [1.82, 2.24) is 8.96 Å². The van der Waals surface area contributed by atoms with E-state index in [0.29, 0.717) is 22.6 Å². The topological polar surface area (TPSA) is 75.8 Å². The Balaban J connectivity index is 1.86. The van der Waals surface area contributed by atoms with E-state index < -0.39 is 26.7 Å². The first-order valence-electron chi connectivity index (χ1n) is 8.60. The van der Waals surface area contributed by atoms with Crippen molar-refractivity contribution in [2.45, 2.75) is 11.1 Å². The van der Waals surface area contributed by atoms with E-state index in [9.17, 15) is 21.6 Å². The van der Waals surface area contributed by atoms with E-state index in [1.165, 1.54) is 12.4 Å². The molecule has 0 spiro atoms. The Kier molecular flexibility index (Phi) is 4.59. The summed E-state index contributed by atoms with van der Waals surface area (Å²) in [7, 11) is -4.28. The van der Waals surface area contributed by atoms with Gasteiger partial charge in [0.05, 0.1) is 33.8 Å². The molecular formula is C21H12F3N3O2S. The molecule has 0 aliphatic heterocycles. The maximum atomic E-state index is 13.1. The molecule has 0 atom stereocenters. The normalized spacial score (nSPS) is 12.1. The second-order valence-corrected chi connectivity index (χ2v) is 8.27. The van der Waals surface area contributed by atoms with Gasteiger partial charge in [-0.1, -0.05) is 18.2 Å². The Morgan fingerprint density at radius 1 is 1.00 bits per heavy atom. The molecule has 0 unspecified atom stereocenters. The van der Waals surface area contributed by atoms with Crippen LogP contribution in [0.2, 0.25) is 0 Å². The number of pyridine rings is 1. The van der Waals surface area contributed by atoms with Crippen molar-refractivity contribution < 1.29 is 21.6 Å². The van der Waals surface area contributed by atoms with Crippen LogP contribution in [0.25, 0.3) is 22.0 Å². The largest absolute Gasteiger partial charge is 0.416 e. The van der Waals surface area contributed by atoms with Crippen LogP contribution in [0.15, 0.2) is 78.1 Å². The number of nitriles is 1. The lowest BCUT2D eigenvalue weighted by molar-refractivity contribution is -0.137. The van der Waals surface area contributed by atoms with Gasteiger partial charge in [0, 0.05) is 23.3 Å². The van der Waals surface area contributed by atoms with Gasteiger partial charge in [-0.25, -0.2) is 12.4 Å². The molecule has 2 aromatic carbocycles. The minimum atomic E-state index is -4.66. The zero-order valence-corrected chi connectivity index (χ0v) is 15.9. The number of nitrogens with zero attached hydrogens (tertiary/aromatic N) is 3. The van der Waals surface area contributed by atoms with Gasteiger partial charge in [0.15, 0.2) is 0 Å². The molecule has 0 aliphatic rings. The molecule has 0 bridgehead atoms. The Bertz CT molecular complexity index is 1400. The minimum Gasteiger partial charge on any atom is -0.262 e. The number of aromatic nitrogens is 2. The molecule has 150 valence electrons. The summed E-state index contributed by atoms with van der Waals surface area (Å²) in [5, 5.41) is 9.50. The van der Waals surface area contributed by atoms with Crippen LogP contribution in [0, 0.1) is 11.3 Å². The molecule has 5 nitrogen and oxygen atoms in total. The number of rotatable bonds is 3. The summed E-state index contributed by atoms with van der Waals surface area (Å²) >= 11 is 0. The third-order valence-corrected chi connectivity index (χ3v) is 6.31. The molecule has 4 aromatic rings.